The Morgan fingerprint density at radius 2 is 1.70 bits per heavy atom. The van der Waals surface area contributed by atoms with Crippen LogP contribution in [0.3, 0.4) is 0 Å². The molecule has 0 unspecified atom stereocenters. The van der Waals surface area contributed by atoms with Gasteiger partial charge in [-0.1, -0.05) is 12.8 Å². The maximum absolute atomic E-state index is 12.4. The molecule has 0 bridgehead atoms. The molecule has 20 heavy (non-hydrogen) atoms. The van der Waals surface area contributed by atoms with Crippen LogP contribution in [-0.4, -0.2) is 34.1 Å². The van der Waals surface area contributed by atoms with E-state index in [4.69, 9.17) is 0 Å². The second kappa shape index (κ2) is 5.00. The fraction of sp³-hybridized carbons (Fsp3) is 0.562. The van der Waals surface area contributed by atoms with Gasteiger partial charge >= 0.3 is 0 Å². The third-order valence-corrected chi connectivity index (χ3v) is 4.99. The van der Waals surface area contributed by atoms with Crippen LogP contribution in [0.2, 0.25) is 0 Å². The van der Waals surface area contributed by atoms with Crippen molar-refractivity contribution in [3.63, 3.8) is 0 Å². The van der Waals surface area contributed by atoms with Crippen LogP contribution in [0.15, 0.2) is 18.2 Å². The lowest BCUT2D eigenvalue weighted by Crippen LogP contribution is -2.42. The van der Waals surface area contributed by atoms with Crippen LogP contribution >= 0.6 is 0 Å². The molecule has 1 heterocycles. The van der Waals surface area contributed by atoms with Crippen molar-refractivity contribution in [1.29, 1.82) is 0 Å². The Hall–Kier alpha value is -1.71. The second-order valence-electron chi connectivity index (χ2n) is 6.20. The fourth-order valence-corrected chi connectivity index (χ4v) is 3.67. The maximum Gasteiger partial charge on any atom is 0.257 e. The normalized spacial score (nSPS) is 21.3. The van der Waals surface area contributed by atoms with Crippen molar-refractivity contribution in [1.82, 2.24) is 4.90 Å². The quantitative estimate of drug-likeness (QED) is 0.775. The predicted molar refractivity (Wildman–Crippen MR) is 75.8 cm³/mol. The van der Waals surface area contributed by atoms with E-state index in [2.05, 4.69) is 0 Å². The Morgan fingerprint density at radius 3 is 2.35 bits per heavy atom. The zero-order valence-electron chi connectivity index (χ0n) is 11.6. The molecule has 1 saturated carbocycles. The van der Waals surface area contributed by atoms with Gasteiger partial charge < -0.3 is 15.1 Å². The van der Waals surface area contributed by atoms with Gasteiger partial charge in [0.05, 0.1) is 5.56 Å². The molecule has 1 amide bonds. The second-order valence-corrected chi connectivity index (χ2v) is 6.20. The van der Waals surface area contributed by atoms with Crippen LogP contribution in [-0.2, 0) is 0 Å². The third kappa shape index (κ3) is 2.35. The maximum atomic E-state index is 12.4. The van der Waals surface area contributed by atoms with Gasteiger partial charge in [-0.25, -0.2) is 0 Å². The van der Waals surface area contributed by atoms with Gasteiger partial charge in [-0.15, -0.1) is 0 Å². The minimum atomic E-state index is -0.175. The summed E-state index contributed by atoms with van der Waals surface area (Å²) in [5.41, 5.74) is 0.671. The van der Waals surface area contributed by atoms with Crippen molar-refractivity contribution >= 4 is 5.91 Å². The van der Waals surface area contributed by atoms with E-state index >= 15 is 0 Å². The molecule has 108 valence electrons. The molecule has 2 N–H and O–H groups in total. The van der Waals surface area contributed by atoms with Crippen molar-refractivity contribution < 1.29 is 15.0 Å². The fourth-order valence-electron chi connectivity index (χ4n) is 3.67. The molecule has 3 rings (SSSR count). The Morgan fingerprint density at radius 1 is 1.05 bits per heavy atom. The zero-order chi connectivity index (χ0) is 14.2. The van der Waals surface area contributed by atoms with Crippen LogP contribution in [0.5, 0.6) is 11.5 Å². The molecule has 4 nitrogen and oxygen atoms in total. The first kappa shape index (κ1) is 13.3. The molecular weight excluding hydrogens is 254 g/mol. The smallest absolute Gasteiger partial charge is 0.257 e. The summed E-state index contributed by atoms with van der Waals surface area (Å²) >= 11 is 0. The number of carbonyl (C=O) groups is 1. The largest absolute Gasteiger partial charge is 0.508 e. The van der Waals surface area contributed by atoms with Gasteiger partial charge in [0, 0.05) is 13.1 Å². The highest BCUT2D eigenvalue weighted by atomic mass is 16.3. The molecule has 1 aromatic carbocycles. The molecule has 2 fully saturated rings. The highest BCUT2D eigenvalue weighted by molar-refractivity contribution is 5.97. The average Bonchev–Trinajstić information content (AvgIpc) is 2.90. The number of phenolic OH excluding ortho intramolecular Hbond substituents is 2. The van der Waals surface area contributed by atoms with E-state index in [9.17, 15) is 15.0 Å². The number of phenols is 2. The van der Waals surface area contributed by atoms with Crippen LogP contribution in [0.1, 0.15) is 48.9 Å². The first-order chi connectivity index (χ1) is 9.60. The number of nitrogens with zero attached hydrogens (tertiary/aromatic N) is 1. The van der Waals surface area contributed by atoms with Crippen molar-refractivity contribution in [2.75, 3.05) is 13.1 Å². The average molecular weight is 275 g/mol. The summed E-state index contributed by atoms with van der Waals surface area (Å²) in [5, 5.41) is 19.3. The molecule has 0 aromatic heterocycles. The summed E-state index contributed by atoms with van der Waals surface area (Å²) < 4.78 is 0. The topological polar surface area (TPSA) is 60.8 Å². The standard InChI is InChI=1S/C16H21NO3/c18-12-3-4-14(19)13(11-12)15(20)17-9-7-16(8-10-17)5-1-2-6-16/h3-4,11,18-19H,1-2,5-10H2. The number of rotatable bonds is 1. The van der Waals surface area contributed by atoms with Gasteiger partial charge in [-0.05, 0) is 49.3 Å². The van der Waals surface area contributed by atoms with E-state index in [1.165, 1.54) is 43.9 Å². The van der Waals surface area contributed by atoms with Crippen LogP contribution < -0.4 is 0 Å². The monoisotopic (exact) mass is 275 g/mol. The van der Waals surface area contributed by atoms with Gasteiger partial charge in [-0.2, -0.15) is 0 Å². The van der Waals surface area contributed by atoms with E-state index in [1.807, 2.05) is 0 Å². The van der Waals surface area contributed by atoms with Gasteiger partial charge in [0.1, 0.15) is 11.5 Å². The molecule has 0 radical (unpaired) electrons. The zero-order valence-corrected chi connectivity index (χ0v) is 11.6. The molecule has 1 aliphatic heterocycles. The number of piperidine rings is 1. The lowest BCUT2D eigenvalue weighted by molar-refractivity contribution is 0.0584. The molecular formula is C16H21NO3. The number of aromatic hydroxyl groups is 2. The lowest BCUT2D eigenvalue weighted by atomic mass is 9.77. The highest BCUT2D eigenvalue weighted by Gasteiger charge is 2.38. The van der Waals surface area contributed by atoms with E-state index < -0.39 is 0 Å². The number of amides is 1. The molecule has 4 heteroatoms. The summed E-state index contributed by atoms with van der Waals surface area (Å²) in [6, 6.07) is 4.10. The van der Waals surface area contributed by atoms with Gasteiger partial charge in [0.15, 0.2) is 0 Å². The molecule has 1 saturated heterocycles. The molecule has 1 spiro atoms. The van der Waals surface area contributed by atoms with E-state index in [1.54, 1.807) is 4.90 Å². The highest BCUT2D eigenvalue weighted by Crippen LogP contribution is 2.46. The number of hydrogen-bond acceptors (Lipinski definition) is 3. The van der Waals surface area contributed by atoms with Crippen molar-refractivity contribution in [3.05, 3.63) is 23.8 Å². The Kier molecular flexibility index (Phi) is 3.32. The van der Waals surface area contributed by atoms with E-state index in [0.29, 0.717) is 5.41 Å². The summed E-state index contributed by atoms with van der Waals surface area (Å²) in [6.07, 6.45) is 7.37. The number of hydrogen-bond donors (Lipinski definition) is 2. The van der Waals surface area contributed by atoms with Crippen LogP contribution in [0, 0.1) is 5.41 Å². The van der Waals surface area contributed by atoms with Crippen LogP contribution in [0.25, 0.3) is 0 Å². The SMILES string of the molecule is O=C(c1cc(O)ccc1O)N1CCC2(CCCC2)CC1. The van der Waals surface area contributed by atoms with E-state index in [0.717, 1.165) is 25.9 Å². The predicted octanol–water partition coefficient (Wildman–Crippen LogP) is 2.89. The Labute approximate surface area is 119 Å². The summed E-state index contributed by atoms with van der Waals surface area (Å²) in [4.78, 5) is 14.2. The number of benzene rings is 1. The van der Waals surface area contributed by atoms with Crippen LogP contribution in [0.4, 0.5) is 0 Å². The summed E-state index contributed by atoms with van der Waals surface area (Å²) in [6.45, 7) is 1.52. The van der Waals surface area contributed by atoms with E-state index in [-0.39, 0.29) is 23.0 Å². The minimum Gasteiger partial charge on any atom is -0.508 e. The Balaban J connectivity index is 1.71. The minimum absolute atomic E-state index is 0.00965. The summed E-state index contributed by atoms with van der Waals surface area (Å²) in [7, 11) is 0. The van der Waals surface area contributed by atoms with Crippen molar-refractivity contribution in [2.45, 2.75) is 38.5 Å². The van der Waals surface area contributed by atoms with Gasteiger partial charge in [0.2, 0.25) is 0 Å². The van der Waals surface area contributed by atoms with Gasteiger partial charge in [-0.3, -0.25) is 4.79 Å². The number of carbonyl (C=O) groups excluding carboxylic acids is 1. The first-order valence-corrected chi connectivity index (χ1v) is 7.41. The third-order valence-electron chi connectivity index (χ3n) is 4.99. The van der Waals surface area contributed by atoms with Crippen molar-refractivity contribution in [2.24, 2.45) is 5.41 Å². The Bertz CT molecular complexity index is 510. The molecule has 0 atom stereocenters. The molecule has 2 aliphatic rings. The first-order valence-electron chi connectivity index (χ1n) is 7.41. The van der Waals surface area contributed by atoms with Crippen molar-refractivity contribution in [3.8, 4) is 11.5 Å². The summed E-state index contributed by atoms with van der Waals surface area (Å²) in [5.74, 6) is -0.226. The number of likely N-dealkylation sites (tertiary alicyclic amines) is 1. The van der Waals surface area contributed by atoms with Gasteiger partial charge in [0.25, 0.3) is 5.91 Å². The molecule has 1 aliphatic carbocycles. The molecule has 1 aromatic rings. The lowest BCUT2D eigenvalue weighted by Gasteiger charge is -2.39.